The molecule has 62 valence electrons. The van der Waals surface area contributed by atoms with E-state index in [1.54, 1.807) is 0 Å². The van der Waals surface area contributed by atoms with E-state index in [0.29, 0.717) is 5.92 Å². The summed E-state index contributed by atoms with van der Waals surface area (Å²) in [5, 5.41) is 5.29. The molecule has 0 fully saturated rings. The molecule has 0 saturated heterocycles. The van der Waals surface area contributed by atoms with Crippen LogP contribution in [-0.4, -0.2) is 8.96 Å². The van der Waals surface area contributed by atoms with Crippen LogP contribution in [0.5, 0.6) is 0 Å². The van der Waals surface area contributed by atoms with Crippen LogP contribution in [0, 0.1) is 5.92 Å². The molecule has 10 heavy (non-hydrogen) atoms. The molecule has 0 aromatic carbocycles. The summed E-state index contributed by atoms with van der Waals surface area (Å²) in [6.45, 7) is 8.08. The number of nitrogens with two attached hydrogens (primary N) is 1. The highest BCUT2D eigenvalue weighted by Crippen LogP contribution is 2.19. The van der Waals surface area contributed by atoms with Gasteiger partial charge in [-0.2, -0.15) is 0 Å². The second-order valence-corrected chi connectivity index (χ2v) is 5.36. The third kappa shape index (κ3) is 3.32. The average Bonchev–Trinajstić information content (AvgIpc) is 1.60. The van der Waals surface area contributed by atoms with Crippen molar-refractivity contribution in [3.63, 3.8) is 0 Å². The quantitative estimate of drug-likeness (QED) is 0.672. The number of hydrogen-bond acceptors (Lipinski definition) is 1. The Morgan fingerprint density at radius 2 is 1.90 bits per heavy atom. The van der Waals surface area contributed by atoms with E-state index < -0.39 is 11.0 Å². The Morgan fingerprint density at radius 3 is 2.00 bits per heavy atom. The summed E-state index contributed by atoms with van der Waals surface area (Å²) < 4.78 is 10.7. The van der Waals surface area contributed by atoms with Crippen molar-refractivity contribution in [2.75, 3.05) is 0 Å². The molecule has 0 saturated carbocycles. The smallest absolute Gasteiger partial charge is 0.0945 e. The fourth-order valence-electron chi connectivity index (χ4n) is 1.07. The predicted octanol–water partition coefficient (Wildman–Crippen LogP) is 1.43. The van der Waals surface area contributed by atoms with Crippen molar-refractivity contribution < 1.29 is 4.21 Å². The lowest BCUT2D eigenvalue weighted by atomic mass is 10.0. The maximum absolute atomic E-state index is 10.9. The SMILES string of the molecule is CC(C)CC(C)(C)S(N)=O. The van der Waals surface area contributed by atoms with Crippen LogP contribution in [0.2, 0.25) is 0 Å². The van der Waals surface area contributed by atoms with Crippen LogP contribution < -0.4 is 5.14 Å². The first kappa shape index (κ1) is 10.1. The normalized spacial score (nSPS) is 15.8. The van der Waals surface area contributed by atoms with E-state index in [1.165, 1.54) is 0 Å². The Morgan fingerprint density at radius 1 is 1.50 bits per heavy atom. The van der Waals surface area contributed by atoms with E-state index in [4.69, 9.17) is 5.14 Å². The first-order valence-corrected chi connectivity index (χ1v) is 4.74. The lowest BCUT2D eigenvalue weighted by Crippen LogP contribution is -2.33. The minimum absolute atomic E-state index is 0.228. The van der Waals surface area contributed by atoms with Gasteiger partial charge >= 0.3 is 0 Å². The van der Waals surface area contributed by atoms with Gasteiger partial charge in [-0.15, -0.1) is 0 Å². The van der Waals surface area contributed by atoms with Gasteiger partial charge in [0.15, 0.2) is 0 Å². The van der Waals surface area contributed by atoms with E-state index in [2.05, 4.69) is 13.8 Å². The summed E-state index contributed by atoms with van der Waals surface area (Å²) >= 11 is 0. The summed E-state index contributed by atoms with van der Waals surface area (Å²) in [6.07, 6.45) is 0.913. The summed E-state index contributed by atoms with van der Waals surface area (Å²) in [5.41, 5.74) is 0. The highest BCUT2D eigenvalue weighted by atomic mass is 32.2. The Hall–Kier alpha value is 0.110. The maximum Gasteiger partial charge on any atom is 0.0945 e. The van der Waals surface area contributed by atoms with Crippen molar-refractivity contribution in [1.82, 2.24) is 0 Å². The van der Waals surface area contributed by atoms with Crippen molar-refractivity contribution in [2.45, 2.75) is 38.9 Å². The van der Waals surface area contributed by atoms with Gasteiger partial charge in [0.1, 0.15) is 0 Å². The van der Waals surface area contributed by atoms with Crippen LogP contribution in [-0.2, 0) is 11.0 Å². The number of rotatable bonds is 3. The molecule has 1 unspecified atom stereocenters. The molecule has 2 N–H and O–H groups in total. The van der Waals surface area contributed by atoms with Crippen molar-refractivity contribution in [3.8, 4) is 0 Å². The van der Waals surface area contributed by atoms with Gasteiger partial charge in [-0.3, -0.25) is 5.14 Å². The zero-order chi connectivity index (χ0) is 8.36. The van der Waals surface area contributed by atoms with E-state index in [1.807, 2.05) is 13.8 Å². The van der Waals surface area contributed by atoms with Gasteiger partial charge in [0.2, 0.25) is 0 Å². The first-order chi connectivity index (χ1) is 4.36. The van der Waals surface area contributed by atoms with Gasteiger partial charge in [0.05, 0.1) is 15.7 Å². The van der Waals surface area contributed by atoms with Crippen molar-refractivity contribution in [1.29, 1.82) is 0 Å². The topological polar surface area (TPSA) is 43.1 Å². The molecule has 0 amide bonds. The Kier molecular flexibility index (Phi) is 3.52. The highest BCUT2D eigenvalue weighted by Gasteiger charge is 2.24. The predicted molar refractivity (Wildman–Crippen MR) is 45.9 cm³/mol. The Bertz CT molecular complexity index is 132. The van der Waals surface area contributed by atoms with E-state index in [0.717, 1.165) is 6.42 Å². The number of hydrogen-bond donors (Lipinski definition) is 1. The van der Waals surface area contributed by atoms with Crippen LogP contribution in [0.1, 0.15) is 34.1 Å². The van der Waals surface area contributed by atoms with Gasteiger partial charge in [0, 0.05) is 0 Å². The zero-order valence-corrected chi connectivity index (χ0v) is 7.99. The maximum atomic E-state index is 10.9. The van der Waals surface area contributed by atoms with E-state index in [9.17, 15) is 4.21 Å². The van der Waals surface area contributed by atoms with Crippen LogP contribution in [0.15, 0.2) is 0 Å². The summed E-state index contributed by atoms with van der Waals surface area (Å²) in [4.78, 5) is 0. The third-order valence-corrected chi connectivity index (χ3v) is 2.70. The molecule has 0 heterocycles. The molecular formula is C7H17NOS. The molecule has 2 nitrogen and oxygen atoms in total. The molecule has 1 atom stereocenters. The fraction of sp³-hybridized carbons (Fsp3) is 1.00. The summed E-state index contributed by atoms with van der Waals surface area (Å²) in [6, 6.07) is 0. The van der Waals surface area contributed by atoms with Crippen molar-refractivity contribution >= 4 is 11.0 Å². The fourth-order valence-corrected chi connectivity index (χ4v) is 1.56. The van der Waals surface area contributed by atoms with E-state index in [-0.39, 0.29) is 4.75 Å². The van der Waals surface area contributed by atoms with Crippen LogP contribution >= 0.6 is 0 Å². The molecule has 0 spiro atoms. The Balaban J connectivity index is 4.00. The van der Waals surface area contributed by atoms with Crippen LogP contribution in [0.25, 0.3) is 0 Å². The summed E-state index contributed by atoms with van der Waals surface area (Å²) in [7, 11) is -1.20. The standard InChI is InChI=1S/C7H17NOS/c1-6(2)5-7(3,4)10(8)9/h6H,5,8H2,1-4H3. The van der Waals surface area contributed by atoms with Gasteiger partial charge in [-0.05, 0) is 26.2 Å². The highest BCUT2D eigenvalue weighted by molar-refractivity contribution is 7.84. The lowest BCUT2D eigenvalue weighted by Gasteiger charge is -2.22. The molecule has 0 aliphatic heterocycles. The minimum Gasteiger partial charge on any atom is -0.251 e. The molecule has 0 aliphatic rings. The van der Waals surface area contributed by atoms with Crippen molar-refractivity contribution in [2.24, 2.45) is 11.1 Å². The van der Waals surface area contributed by atoms with Crippen LogP contribution in [0.3, 0.4) is 0 Å². The zero-order valence-electron chi connectivity index (χ0n) is 7.18. The molecule has 0 aromatic heterocycles. The molecule has 0 bridgehead atoms. The molecule has 0 radical (unpaired) electrons. The molecule has 0 aromatic rings. The van der Waals surface area contributed by atoms with Gasteiger partial charge in [-0.25, -0.2) is 4.21 Å². The lowest BCUT2D eigenvalue weighted by molar-refractivity contribution is 0.488. The largest absolute Gasteiger partial charge is 0.251 e. The second-order valence-electron chi connectivity index (χ2n) is 3.66. The van der Waals surface area contributed by atoms with Gasteiger partial charge in [0.25, 0.3) is 0 Å². The summed E-state index contributed by atoms with van der Waals surface area (Å²) in [5.74, 6) is 0.558. The van der Waals surface area contributed by atoms with E-state index >= 15 is 0 Å². The first-order valence-electron chi connectivity index (χ1n) is 3.52. The molecule has 3 heteroatoms. The van der Waals surface area contributed by atoms with Crippen LogP contribution in [0.4, 0.5) is 0 Å². The third-order valence-electron chi connectivity index (χ3n) is 1.44. The average molecular weight is 163 g/mol. The monoisotopic (exact) mass is 163 g/mol. The minimum atomic E-state index is -1.20. The van der Waals surface area contributed by atoms with Crippen molar-refractivity contribution in [3.05, 3.63) is 0 Å². The second kappa shape index (κ2) is 3.49. The van der Waals surface area contributed by atoms with Gasteiger partial charge in [-0.1, -0.05) is 13.8 Å². The molecule has 0 aliphatic carbocycles. The molecular weight excluding hydrogens is 146 g/mol. The van der Waals surface area contributed by atoms with Gasteiger partial charge < -0.3 is 0 Å². The molecule has 0 rings (SSSR count). The Labute approximate surface area is 65.8 Å².